The first-order chi connectivity index (χ1) is 18.4. The minimum atomic E-state index is -4.21. The summed E-state index contributed by atoms with van der Waals surface area (Å²) in [6.07, 6.45) is 0.681. The highest BCUT2D eigenvalue weighted by Crippen LogP contribution is 2.26. The Hall–Kier alpha value is -3.43. The van der Waals surface area contributed by atoms with Crippen molar-refractivity contribution in [3.05, 3.63) is 94.8 Å². The van der Waals surface area contributed by atoms with Gasteiger partial charge in [-0.15, -0.1) is 0 Å². The highest BCUT2D eigenvalue weighted by molar-refractivity contribution is 7.92. The number of halogens is 2. The second kappa shape index (κ2) is 13.1. The van der Waals surface area contributed by atoms with Crippen molar-refractivity contribution in [2.45, 2.75) is 57.6 Å². The van der Waals surface area contributed by atoms with Crippen LogP contribution in [0.2, 0.25) is 5.02 Å². The molecule has 39 heavy (non-hydrogen) atoms. The summed E-state index contributed by atoms with van der Waals surface area (Å²) in [6, 6.07) is 17.2. The molecule has 3 aromatic carbocycles. The summed E-state index contributed by atoms with van der Waals surface area (Å²) >= 11 is 5.97. The van der Waals surface area contributed by atoms with Crippen molar-refractivity contribution < 1.29 is 22.4 Å². The average molecular weight is 574 g/mol. The van der Waals surface area contributed by atoms with E-state index in [9.17, 15) is 22.4 Å². The number of benzene rings is 3. The summed E-state index contributed by atoms with van der Waals surface area (Å²) in [5.74, 6) is -1.62. The molecule has 3 aromatic rings. The Labute approximate surface area is 234 Å². The third-order valence-electron chi connectivity index (χ3n) is 6.44. The number of hydrogen-bond donors (Lipinski definition) is 1. The predicted molar refractivity (Wildman–Crippen MR) is 151 cm³/mol. The van der Waals surface area contributed by atoms with E-state index >= 15 is 0 Å². The molecule has 0 aliphatic carbocycles. The number of anilines is 1. The molecule has 2 amide bonds. The molecule has 7 nitrogen and oxygen atoms in total. The Morgan fingerprint density at radius 3 is 2.28 bits per heavy atom. The van der Waals surface area contributed by atoms with Gasteiger partial charge in [0.15, 0.2) is 0 Å². The molecule has 0 aromatic heterocycles. The van der Waals surface area contributed by atoms with Crippen molar-refractivity contribution in [1.29, 1.82) is 0 Å². The maximum atomic E-state index is 14.6. The summed E-state index contributed by atoms with van der Waals surface area (Å²) in [5.41, 5.74) is 1.28. The van der Waals surface area contributed by atoms with E-state index in [4.69, 9.17) is 11.6 Å². The smallest absolute Gasteiger partial charge is 0.264 e. The summed E-state index contributed by atoms with van der Waals surface area (Å²) < 4.78 is 43.2. The van der Waals surface area contributed by atoms with E-state index < -0.39 is 40.2 Å². The fourth-order valence-electron chi connectivity index (χ4n) is 3.90. The third-order valence-corrected chi connectivity index (χ3v) is 8.48. The maximum absolute atomic E-state index is 14.6. The molecular formula is C29H33ClFN3O4S. The van der Waals surface area contributed by atoms with Gasteiger partial charge in [-0.1, -0.05) is 48.9 Å². The summed E-state index contributed by atoms with van der Waals surface area (Å²) in [5, 5.41) is 3.21. The molecule has 0 aliphatic rings. The first-order valence-electron chi connectivity index (χ1n) is 12.6. The van der Waals surface area contributed by atoms with E-state index in [-0.39, 0.29) is 28.7 Å². The quantitative estimate of drug-likeness (QED) is 0.337. The number of hydrogen-bond acceptors (Lipinski definition) is 4. The van der Waals surface area contributed by atoms with Crippen LogP contribution in [0.15, 0.2) is 77.7 Å². The number of carbonyl (C=O) groups excluding carboxylic acids is 2. The molecule has 3 rings (SSSR count). The number of nitrogens with one attached hydrogen (secondary N) is 1. The average Bonchev–Trinajstić information content (AvgIpc) is 2.90. The number of sulfonamides is 1. The number of carbonyl (C=O) groups is 2. The van der Waals surface area contributed by atoms with Crippen LogP contribution in [0.5, 0.6) is 0 Å². The zero-order chi connectivity index (χ0) is 28.7. The van der Waals surface area contributed by atoms with Crippen molar-refractivity contribution in [3.63, 3.8) is 0 Å². The van der Waals surface area contributed by atoms with Crippen LogP contribution in [0.25, 0.3) is 0 Å². The molecule has 0 heterocycles. The highest BCUT2D eigenvalue weighted by atomic mass is 35.5. The standard InChI is InChI=1S/C29H33ClFN3O4S/c1-5-21(3)32-29(36)22(4)33(18-23-10-6-7-12-27(23)31)28(35)19-34(25-11-8-9-20(2)17-25)39(37,38)26-15-13-24(30)14-16-26/h6-17,21-22H,5,18-19H2,1-4H3,(H,32,36)/t21-,22+/m1/s1. The van der Waals surface area contributed by atoms with Gasteiger partial charge in [0.1, 0.15) is 18.4 Å². The van der Waals surface area contributed by atoms with E-state index in [0.29, 0.717) is 11.4 Å². The van der Waals surface area contributed by atoms with Gasteiger partial charge in [-0.3, -0.25) is 13.9 Å². The number of amides is 2. The predicted octanol–water partition coefficient (Wildman–Crippen LogP) is 5.31. The van der Waals surface area contributed by atoms with Gasteiger partial charge in [-0.2, -0.15) is 0 Å². The fraction of sp³-hybridized carbons (Fsp3) is 0.310. The van der Waals surface area contributed by atoms with Crippen LogP contribution < -0.4 is 9.62 Å². The van der Waals surface area contributed by atoms with Gasteiger partial charge >= 0.3 is 0 Å². The summed E-state index contributed by atoms with van der Waals surface area (Å²) in [4.78, 5) is 28.1. The normalized spacial score (nSPS) is 12.9. The lowest BCUT2D eigenvalue weighted by molar-refractivity contribution is -0.139. The largest absolute Gasteiger partial charge is 0.352 e. The van der Waals surface area contributed by atoms with Crippen molar-refractivity contribution in [1.82, 2.24) is 10.2 Å². The second-order valence-corrected chi connectivity index (χ2v) is 11.7. The molecule has 0 saturated heterocycles. The van der Waals surface area contributed by atoms with Gasteiger partial charge in [-0.25, -0.2) is 12.8 Å². The van der Waals surface area contributed by atoms with Gasteiger partial charge in [0.2, 0.25) is 11.8 Å². The van der Waals surface area contributed by atoms with Crippen molar-refractivity contribution >= 4 is 39.1 Å². The molecule has 0 unspecified atom stereocenters. The van der Waals surface area contributed by atoms with Crippen molar-refractivity contribution in [2.24, 2.45) is 0 Å². The zero-order valence-corrected chi connectivity index (χ0v) is 24.0. The number of nitrogens with zero attached hydrogens (tertiary/aromatic N) is 2. The molecule has 0 bridgehead atoms. The molecule has 0 radical (unpaired) electrons. The molecule has 10 heteroatoms. The SMILES string of the molecule is CC[C@@H](C)NC(=O)[C@H](C)N(Cc1ccccc1F)C(=O)CN(c1cccc(C)c1)S(=O)(=O)c1ccc(Cl)cc1. The Bertz CT molecular complexity index is 1420. The van der Waals surface area contributed by atoms with E-state index in [1.165, 1.54) is 47.4 Å². The minimum absolute atomic E-state index is 0.0515. The number of rotatable bonds is 11. The molecule has 1 N–H and O–H groups in total. The summed E-state index contributed by atoms with van der Waals surface area (Å²) in [6.45, 7) is 6.28. The lowest BCUT2D eigenvalue weighted by Crippen LogP contribution is -2.52. The van der Waals surface area contributed by atoms with E-state index in [1.807, 2.05) is 26.8 Å². The van der Waals surface area contributed by atoms with Crippen LogP contribution in [0, 0.1) is 12.7 Å². The van der Waals surface area contributed by atoms with E-state index in [0.717, 1.165) is 9.87 Å². The Kier molecular flexibility index (Phi) is 10.1. The van der Waals surface area contributed by atoms with Crippen molar-refractivity contribution in [3.8, 4) is 0 Å². The lowest BCUT2D eigenvalue weighted by atomic mass is 10.1. The highest BCUT2D eigenvalue weighted by Gasteiger charge is 2.33. The van der Waals surface area contributed by atoms with Gasteiger partial charge in [0.25, 0.3) is 10.0 Å². The Balaban J connectivity index is 2.04. The first-order valence-corrected chi connectivity index (χ1v) is 14.4. The zero-order valence-electron chi connectivity index (χ0n) is 22.4. The number of aryl methyl sites for hydroxylation is 1. The lowest BCUT2D eigenvalue weighted by Gasteiger charge is -2.32. The maximum Gasteiger partial charge on any atom is 0.264 e. The van der Waals surface area contributed by atoms with Crippen LogP contribution >= 0.6 is 11.6 Å². The van der Waals surface area contributed by atoms with E-state index in [2.05, 4.69) is 5.32 Å². The van der Waals surface area contributed by atoms with Gasteiger partial charge in [0.05, 0.1) is 10.6 Å². The van der Waals surface area contributed by atoms with Crippen LogP contribution in [-0.4, -0.2) is 43.8 Å². The van der Waals surface area contributed by atoms with Crippen LogP contribution in [-0.2, 0) is 26.2 Å². The van der Waals surface area contributed by atoms with Crippen LogP contribution in [0.1, 0.15) is 38.3 Å². The first kappa shape index (κ1) is 30.1. The van der Waals surface area contributed by atoms with Crippen LogP contribution in [0.3, 0.4) is 0 Å². The summed E-state index contributed by atoms with van der Waals surface area (Å²) in [7, 11) is -4.21. The van der Waals surface area contributed by atoms with Gasteiger partial charge in [0, 0.05) is 23.2 Å². The van der Waals surface area contributed by atoms with Gasteiger partial charge in [-0.05, 0) is 75.2 Å². The minimum Gasteiger partial charge on any atom is -0.352 e. The van der Waals surface area contributed by atoms with Crippen molar-refractivity contribution in [2.75, 3.05) is 10.8 Å². The van der Waals surface area contributed by atoms with E-state index in [1.54, 1.807) is 31.2 Å². The Morgan fingerprint density at radius 1 is 1.00 bits per heavy atom. The topological polar surface area (TPSA) is 86.8 Å². The van der Waals surface area contributed by atoms with Gasteiger partial charge < -0.3 is 10.2 Å². The molecule has 0 spiro atoms. The second-order valence-electron chi connectivity index (χ2n) is 9.41. The molecule has 208 valence electrons. The molecular weight excluding hydrogens is 541 g/mol. The molecule has 0 fully saturated rings. The fourth-order valence-corrected chi connectivity index (χ4v) is 5.44. The third kappa shape index (κ3) is 7.58. The monoisotopic (exact) mass is 573 g/mol. The molecule has 0 aliphatic heterocycles. The molecule has 0 saturated carbocycles. The Morgan fingerprint density at radius 2 is 1.67 bits per heavy atom. The van der Waals surface area contributed by atoms with Crippen LogP contribution in [0.4, 0.5) is 10.1 Å². The molecule has 2 atom stereocenters.